The van der Waals surface area contributed by atoms with Gasteiger partial charge in [-0.15, -0.1) is 24.0 Å². The van der Waals surface area contributed by atoms with Gasteiger partial charge < -0.3 is 15.5 Å². The second-order valence-electron chi connectivity index (χ2n) is 8.05. The van der Waals surface area contributed by atoms with Gasteiger partial charge in [0.2, 0.25) is 5.91 Å². The average molecular weight is 519 g/mol. The van der Waals surface area contributed by atoms with E-state index in [2.05, 4.69) is 29.7 Å². The van der Waals surface area contributed by atoms with Gasteiger partial charge in [-0.3, -0.25) is 9.79 Å². The SMILES string of the molecule is CCNC(=NCC1(c2ccc(Cl)cc2)CC1)NC1CCN(C(=O)C(C)C)C1.I. The van der Waals surface area contributed by atoms with Crippen LogP contribution in [0.15, 0.2) is 29.3 Å². The number of halogens is 2. The van der Waals surface area contributed by atoms with E-state index in [-0.39, 0.29) is 47.3 Å². The lowest BCUT2D eigenvalue weighted by Crippen LogP contribution is -2.45. The Morgan fingerprint density at radius 1 is 1.32 bits per heavy atom. The van der Waals surface area contributed by atoms with Gasteiger partial charge in [0, 0.05) is 42.0 Å². The summed E-state index contributed by atoms with van der Waals surface area (Å²) < 4.78 is 0. The number of aliphatic imine (C=N–C) groups is 1. The van der Waals surface area contributed by atoms with Gasteiger partial charge in [0.1, 0.15) is 0 Å². The molecule has 3 rings (SSSR count). The first-order valence-electron chi connectivity index (χ1n) is 10.0. The van der Waals surface area contributed by atoms with Gasteiger partial charge >= 0.3 is 0 Å². The van der Waals surface area contributed by atoms with E-state index in [1.807, 2.05) is 30.9 Å². The first-order chi connectivity index (χ1) is 12.9. The maximum absolute atomic E-state index is 12.2. The van der Waals surface area contributed by atoms with Crippen molar-refractivity contribution in [2.24, 2.45) is 10.9 Å². The van der Waals surface area contributed by atoms with E-state index in [0.717, 1.165) is 56.4 Å². The van der Waals surface area contributed by atoms with Crippen LogP contribution in [0.2, 0.25) is 5.02 Å². The normalized spacial score (nSPS) is 20.7. The monoisotopic (exact) mass is 518 g/mol. The van der Waals surface area contributed by atoms with E-state index < -0.39 is 0 Å². The third-order valence-corrected chi connectivity index (χ3v) is 5.78. The number of hydrogen-bond donors (Lipinski definition) is 2. The number of likely N-dealkylation sites (tertiary alicyclic amines) is 1. The van der Waals surface area contributed by atoms with Crippen molar-refractivity contribution in [3.63, 3.8) is 0 Å². The van der Waals surface area contributed by atoms with Crippen LogP contribution in [-0.4, -0.2) is 49.0 Å². The molecule has 1 aromatic rings. The largest absolute Gasteiger partial charge is 0.357 e. The molecule has 28 heavy (non-hydrogen) atoms. The minimum Gasteiger partial charge on any atom is -0.357 e. The smallest absolute Gasteiger partial charge is 0.225 e. The zero-order valence-corrected chi connectivity index (χ0v) is 20.1. The number of carbonyl (C=O) groups excluding carboxylic acids is 1. The van der Waals surface area contributed by atoms with Crippen LogP contribution >= 0.6 is 35.6 Å². The Kier molecular flexibility index (Phi) is 8.43. The lowest BCUT2D eigenvalue weighted by atomic mass is 9.96. The van der Waals surface area contributed by atoms with E-state index in [1.165, 1.54) is 5.56 Å². The lowest BCUT2D eigenvalue weighted by Gasteiger charge is -2.21. The molecule has 1 aliphatic carbocycles. The van der Waals surface area contributed by atoms with E-state index in [1.54, 1.807) is 0 Å². The molecular formula is C21H32ClIN4O. The third kappa shape index (κ3) is 5.75. The minimum absolute atomic E-state index is 0. The first kappa shape index (κ1) is 23.3. The first-order valence-corrected chi connectivity index (χ1v) is 10.4. The van der Waals surface area contributed by atoms with Crippen molar-refractivity contribution in [3.05, 3.63) is 34.9 Å². The highest BCUT2D eigenvalue weighted by Gasteiger charge is 2.44. The number of carbonyl (C=O) groups is 1. The van der Waals surface area contributed by atoms with Crippen LogP contribution in [-0.2, 0) is 10.2 Å². The molecule has 1 saturated heterocycles. The summed E-state index contributed by atoms with van der Waals surface area (Å²) in [6, 6.07) is 8.43. The van der Waals surface area contributed by atoms with Crippen LogP contribution in [0.25, 0.3) is 0 Å². The zero-order chi connectivity index (χ0) is 19.4. The highest BCUT2D eigenvalue weighted by atomic mass is 127. The second kappa shape index (κ2) is 10.1. The fourth-order valence-corrected chi connectivity index (χ4v) is 3.81. The molecule has 2 fully saturated rings. The van der Waals surface area contributed by atoms with Crippen LogP contribution in [0.3, 0.4) is 0 Å². The van der Waals surface area contributed by atoms with Gasteiger partial charge in [0.05, 0.1) is 6.54 Å². The topological polar surface area (TPSA) is 56.7 Å². The summed E-state index contributed by atoms with van der Waals surface area (Å²) in [5.74, 6) is 1.14. The van der Waals surface area contributed by atoms with Crippen molar-refractivity contribution in [3.8, 4) is 0 Å². The molecule has 5 nitrogen and oxygen atoms in total. The summed E-state index contributed by atoms with van der Waals surface area (Å²) in [5, 5.41) is 7.65. The van der Waals surface area contributed by atoms with Gasteiger partial charge in [-0.1, -0.05) is 37.6 Å². The number of amides is 1. The summed E-state index contributed by atoms with van der Waals surface area (Å²) in [4.78, 5) is 19.0. The Morgan fingerprint density at radius 3 is 2.57 bits per heavy atom. The zero-order valence-electron chi connectivity index (χ0n) is 17.0. The molecule has 2 N–H and O–H groups in total. The predicted molar refractivity (Wildman–Crippen MR) is 127 cm³/mol. The van der Waals surface area contributed by atoms with E-state index >= 15 is 0 Å². The Bertz CT molecular complexity index is 688. The van der Waals surface area contributed by atoms with Crippen molar-refractivity contribution in [1.29, 1.82) is 0 Å². The summed E-state index contributed by atoms with van der Waals surface area (Å²) in [6.07, 6.45) is 3.29. The van der Waals surface area contributed by atoms with Crippen LogP contribution in [0, 0.1) is 5.92 Å². The summed E-state index contributed by atoms with van der Waals surface area (Å²) in [6.45, 7) is 9.16. The molecule has 2 aliphatic rings. The molecule has 1 unspecified atom stereocenters. The van der Waals surface area contributed by atoms with Crippen molar-refractivity contribution < 1.29 is 4.79 Å². The highest BCUT2D eigenvalue weighted by Crippen LogP contribution is 2.48. The number of hydrogen-bond acceptors (Lipinski definition) is 2. The fourth-order valence-electron chi connectivity index (χ4n) is 3.68. The standard InChI is InChI=1S/C21H31ClN4O.HI/c1-4-23-20(25-18-9-12-26(13-18)19(27)15(2)3)24-14-21(10-11-21)16-5-7-17(22)8-6-16;/h5-8,15,18H,4,9-14H2,1-3H3,(H2,23,24,25);1H. The molecule has 156 valence electrons. The van der Waals surface area contributed by atoms with Gasteiger partial charge in [0.25, 0.3) is 0 Å². The quantitative estimate of drug-likeness (QED) is 0.342. The molecular weight excluding hydrogens is 487 g/mol. The molecule has 1 heterocycles. The molecule has 1 saturated carbocycles. The summed E-state index contributed by atoms with van der Waals surface area (Å²) in [7, 11) is 0. The lowest BCUT2D eigenvalue weighted by molar-refractivity contribution is -0.133. The van der Waals surface area contributed by atoms with Gasteiger partial charge in [-0.25, -0.2) is 0 Å². The molecule has 7 heteroatoms. The van der Waals surface area contributed by atoms with Crippen molar-refractivity contribution in [2.75, 3.05) is 26.2 Å². The molecule has 1 amide bonds. The maximum Gasteiger partial charge on any atom is 0.225 e. The van der Waals surface area contributed by atoms with Gasteiger partial charge in [0.15, 0.2) is 5.96 Å². The Labute approximate surface area is 190 Å². The fraction of sp³-hybridized carbons (Fsp3) is 0.619. The second-order valence-corrected chi connectivity index (χ2v) is 8.49. The van der Waals surface area contributed by atoms with E-state index in [4.69, 9.17) is 16.6 Å². The molecule has 1 aliphatic heterocycles. The number of nitrogens with zero attached hydrogens (tertiary/aromatic N) is 2. The molecule has 1 atom stereocenters. The van der Waals surface area contributed by atoms with E-state index in [0.29, 0.717) is 0 Å². The van der Waals surface area contributed by atoms with Crippen LogP contribution in [0.4, 0.5) is 0 Å². The summed E-state index contributed by atoms with van der Waals surface area (Å²) >= 11 is 6.02. The Morgan fingerprint density at radius 2 is 2.00 bits per heavy atom. The molecule has 1 aromatic carbocycles. The number of nitrogens with one attached hydrogen (secondary N) is 2. The summed E-state index contributed by atoms with van der Waals surface area (Å²) in [5.41, 5.74) is 1.48. The van der Waals surface area contributed by atoms with Crippen molar-refractivity contribution in [2.45, 2.75) is 51.5 Å². The average Bonchev–Trinajstić information content (AvgIpc) is 3.30. The number of rotatable bonds is 6. The van der Waals surface area contributed by atoms with Crippen LogP contribution in [0.1, 0.15) is 45.6 Å². The maximum atomic E-state index is 12.2. The van der Waals surface area contributed by atoms with Gasteiger partial charge in [-0.2, -0.15) is 0 Å². The minimum atomic E-state index is 0. The third-order valence-electron chi connectivity index (χ3n) is 5.53. The van der Waals surface area contributed by atoms with E-state index in [9.17, 15) is 4.79 Å². The van der Waals surface area contributed by atoms with Crippen LogP contribution in [0.5, 0.6) is 0 Å². The molecule has 0 bridgehead atoms. The Hall–Kier alpha value is -1.02. The predicted octanol–water partition coefficient (Wildman–Crippen LogP) is 3.80. The molecule has 0 radical (unpaired) electrons. The van der Waals surface area contributed by atoms with Gasteiger partial charge in [-0.05, 0) is 43.9 Å². The van der Waals surface area contributed by atoms with Crippen molar-refractivity contribution >= 4 is 47.4 Å². The van der Waals surface area contributed by atoms with Crippen LogP contribution < -0.4 is 10.6 Å². The molecule has 0 spiro atoms. The number of guanidine groups is 1. The number of benzene rings is 1. The highest BCUT2D eigenvalue weighted by molar-refractivity contribution is 14.0. The Balaban J connectivity index is 0.00000280. The molecule has 0 aromatic heterocycles. The van der Waals surface area contributed by atoms with Crippen molar-refractivity contribution in [1.82, 2.24) is 15.5 Å².